The van der Waals surface area contributed by atoms with Crippen molar-refractivity contribution in [3.05, 3.63) is 0 Å². The summed E-state index contributed by atoms with van der Waals surface area (Å²) in [7, 11) is 2.06. The Balaban J connectivity index is 2.34. The Kier molecular flexibility index (Phi) is 7.33. The van der Waals surface area contributed by atoms with Gasteiger partial charge in [0.1, 0.15) is 0 Å². The van der Waals surface area contributed by atoms with Crippen molar-refractivity contribution in [2.75, 3.05) is 5.75 Å². The van der Waals surface area contributed by atoms with E-state index < -0.39 is 0 Å². The molecule has 0 aliphatic carbocycles. The van der Waals surface area contributed by atoms with Crippen molar-refractivity contribution in [1.29, 1.82) is 0 Å². The Bertz CT molecular complexity index is 19.5. The summed E-state index contributed by atoms with van der Waals surface area (Å²) in [6.45, 7) is 2.23. The first kappa shape index (κ1) is 7.15. The fourth-order valence-electron chi connectivity index (χ4n) is 0.228. The molecule has 0 amide bonds. The molecule has 0 spiro atoms. The fourth-order valence-corrected chi connectivity index (χ4v) is 2.11. The molecule has 36 valence electrons. The van der Waals surface area contributed by atoms with Crippen LogP contribution in [0.3, 0.4) is 0 Å². The maximum absolute atomic E-state index is 2.23. The molecule has 0 aromatic rings. The van der Waals surface area contributed by atoms with Crippen LogP contribution in [-0.4, -0.2) is 26.9 Å². The van der Waals surface area contributed by atoms with Gasteiger partial charge in [0.25, 0.3) is 0 Å². The minimum absolute atomic E-state index is 1.35. The van der Waals surface area contributed by atoms with Crippen molar-refractivity contribution in [2.45, 2.75) is 19.8 Å². The molecule has 0 saturated carbocycles. The second-order valence-corrected chi connectivity index (χ2v) is 4.82. The van der Waals surface area contributed by atoms with Gasteiger partial charge in [0.2, 0.25) is 0 Å². The summed E-state index contributed by atoms with van der Waals surface area (Å²) < 4.78 is 0. The molecule has 2 heteroatoms. The van der Waals surface area contributed by atoms with E-state index in [1.165, 1.54) is 39.7 Å². The Hall–Kier alpha value is 1.15. The third-order valence-corrected chi connectivity index (χ3v) is 3.16. The zero-order valence-electron chi connectivity index (χ0n) is 4.11. The molecule has 0 aliphatic heterocycles. The molecule has 2 radical (unpaired) electrons. The first-order valence-electron chi connectivity index (χ1n) is 2.23. The van der Waals surface area contributed by atoms with Crippen LogP contribution in [0.15, 0.2) is 0 Å². The molecule has 6 heavy (non-hydrogen) atoms. The summed E-state index contributed by atoms with van der Waals surface area (Å²) in [6.07, 6.45) is 2.76. The van der Waals surface area contributed by atoms with Crippen molar-refractivity contribution >= 4 is 30.1 Å². The average molecular weight is 209 g/mol. The van der Waals surface area contributed by atoms with Gasteiger partial charge >= 0.3 is 55.6 Å². The third kappa shape index (κ3) is 5.15. The molecule has 0 rings (SSSR count). The van der Waals surface area contributed by atoms with Crippen LogP contribution in [0, 0.1) is 0 Å². The molecule has 0 aromatic carbocycles. The molecule has 0 atom stereocenters. The molecule has 0 N–H and O–H groups in total. The van der Waals surface area contributed by atoms with Gasteiger partial charge in [-0.05, 0) is 0 Å². The van der Waals surface area contributed by atoms with Gasteiger partial charge in [-0.15, -0.1) is 0 Å². The zero-order valence-corrected chi connectivity index (χ0v) is 8.22. The third-order valence-electron chi connectivity index (χ3n) is 0.616. The van der Waals surface area contributed by atoms with Gasteiger partial charge < -0.3 is 0 Å². The molecule has 0 nitrogen and oxygen atoms in total. The summed E-state index contributed by atoms with van der Waals surface area (Å²) in [4.78, 5) is 0. The van der Waals surface area contributed by atoms with E-state index in [0.29, 0.717) is 0 Å². The molecule has 0 saturated heterocycles. The fraction of sp³-hybridized carbons (Fsp3) is 1.00. The number of hydrogen-bond donors (Lipinski definition) is 0. The van der Waals surface area contributed by atoms with Gasteiger partial charge in [-0.2, -0.15) is 0 Å². The number of unbranched alkanes of at least 4 members (excludes halogenated alkanes) is 1. The van der Waals surface area contributed by atoms with E-state index in [1.807, 2.05) is 0 Å². The molecule has 0 fully saturated rings. The van der Waals surface area contributed by atoms with Crippen molar-refractivity contribution in [1.82, 2.24) is 0 Å². The van der Waals surface area contributed by atoms with E-state index in [-0.39, 0.29) is 0 Å². The van der Waals surface area contributed by atoms with E-state index in [9.17, 15) is 0 Å². The number of hydrogen-bond acceptors (Lipinski definition) is 1. The molecule has 0 unspecified atom stereocenters. The van der Waals surface area contributed by atoms with Gasteiger partial charge in [0.15, 0.2) is 0 Å². The van der Waals surface area contributed by atoms with Crippen LogP contribution >= 0.6 is 8.95 Å². The van der Waals surface area contributed by atoms with Crippen molar-refractivity contribution in [2.24, 2.45) is 0 Å². The molecule has 0 aliphatic rings. The Labute approximate surface area is 55.6 Å². The Morgan fingerprint density at radius 1 is 1.67 bits per heavy atom. The van der Waals surface area contributed by atoms with E-state index >= 15 is 0 Å². The van der Waals surface area contributed by atoms with E-state index in [4.69, 9.17) is 0 Å². The quantitative estimate of drug-likeness (QED) is 0.499. The van der Waals surface area contributed by atoms with Crippen LogP contribution in [-0.2, 0) is 0 Å². The molecule has 0 aromatic heterocycles. The van der Waals surface area contributed by atoms with Gasteiger partial charge in [0.05, 0.1) is 0 Å². The second-order valence-electron chi connectivity index (χ2n) is 1.22. The van der Waals surface area contributed by atoms with Crippen LogP contribution in [0.25, 0.3) is 0 Å². The van der Waals surface area contributed by atoms with Crippen molar-refractivity contribution < 1.29 is 0 Å². The van der Waals surface area contributed by atoms with Gasteiger partial charge in [0, 0.05) is 0 Å². The van der Waals surface area contributed by atoms with Crippen molar-refractivity contribution in [3.63, 3.8) is 0 Å². The van der Waals surface area contributed by atoms with Gasteiger partial charge in [-0.3, -0.25) is 0 Å². The normalized spacial score (nSPS) is 9.00. The van der Waals surface area contributed by atoms with Crippen LogP contribution in [0.2, 0.25) is 0 Å². The first-order valence-corrected chi connectivity index (χ1v) is 7.32. The summed E-state index contributed by atoms with van der Waals surface area (Å²) in [6, 6.07) is 0. The van der Waals surface area contributed by atoms with Crippen LogP contribution in [0.5, 0.6) is 0 Å². The van der Waals surface area contributed by atoms with E-state index in [0.717, 1.165) is 0 Å². The molecular formula is C4H10SSn. The van der Waals surface area contributed by atoms with Crippen molar-refractivity contribution in [3.8, 4) is 0 Å². The molecular weight excluding hydrogens is 199 g/mol. The number of rotatable bonds is 3. The standard InChI is InChI=1S/C4H10S.Sn.H/c1-2-3-4-5;;/h5H,2-4H2,1H3;;/q;+1;/p-1. The predicted molar refractivity (Wildman–Crippen MR) is 34.5 cm³/mol. The molecule has 0 heterocycles. The Morgan fingerprint density at radius 2 is 2.33 bits per heavy atom. The van der Waals surface area contributed by atoms with Gasteiger partial charge in [-0.25, -0.2) is 0 Å². The first-order chi connectivity index (χ1) is 2.91. The Morgan fingerprint density at radius 3 is 2.50 bits per heavy atom. The average Bonchev–Trinajstić information content (AvgIpc) is 1.61. The topological polar surface area (TPSA) is 0 Å². The monoisotopic (exact) mass is 210 g/mol. The summed E-state index contributed by atoms with van der Waals surface area (Å²) >= 11 is 1.37. The predicted octanol–water partition coefficient (Wildman–Crippen LogP) is 1.34. The van der Waals surface area contributed by atoms with E-state index in [2.05, 4.69) is 15.9 Å². The summed E-state index contributed by atoms with van der Waals surface area (Å²) in [5, 5.41) is 0. The zero-order chi connectivity index (χ0) is 4.83. The summed E-state index contributed by atoms with van der Waals surface area (Å²) in [5.74, 6) is 1.39. The second kappa shape index (κ2) is 6.15. The van der Waals surface area contributed by atoms with Gasteiger partial charge in [-0.1, -0.05) is 0 Å². The molecule has 0 bridgehead atoms. The van der Waals surface area contributed by atoms with Crippen LogP contribution < -0.4 is 0 Å². The maximum atomic E-state index is 2.23. The minimum atomic E-state index is 1.35. The van der Waals surface area contributed by atoms with E-state index in [1.54, 1.807) is 0 Å². The summed E-state index contributed by atoms with van der Waals surface area (Å²) in [5.41, 5.74) is 0. The van der Waals surface area contributed by atoms with Crippen LogP contribution in [0.4, 0.5) is 0 Å². The van der Waals surface area contributed by atoms with Crippen LogP contribution in [0.1, 0.15) is 19.8 Å². The SMILES string of the molecule is CCCC[S][SnH].